The van der Waals surface area contributed by atoms with Crippen LogP contribution >= 0.6 is 0 Å². The number of piperazine rings is 1. The number of nitrogens with zero attached hydrogens (tertiary/aromatic N) is 5. The van der Waals surface area contributed by atoms with Crippen LogP contribution in [-0.4, -0.2) is 83.4 Å². The fourth-order valence-electron chi connectivity index (χ4n) is 3.81. The molecule has 1 aromatic rings. The van der Waals surface area contributed by atoms with Crippen LogP contribution in [-0.2, 0) is 9.59 Å². The molecular formula is C17H24N6O2. The van der Waals surface area contributed by atoms with Crippen LogP contribution in [0.1, 0.15) is 12.8 Å². The number of piperidine rings is 1. The van der Waals surface area contributed by atoms with E-state index in [-0.39, 0.29) is 17.7 Å². The molecule has 0 saturated carbocycles. The first-order chi connectivity index (χ1) is 12.2. The number of hydrogen-bond acceptors (Lipinski definition) is 6. The van der Waals surface area contributed by atoms with Gasteiger partial charge in [-0.15, -0.1) is 0 Å². The zero-order valence-electron chi connectivity index (χ0n) is 14.3. The smallest absolute Gasteiger partial charge is 0.227 e. The van der Waals surface area contributed by atoms with Crippen LogP contribution in [0.15, 0.2) is 18.5 Å². The van der Waals surface area contributed by atoms with Gasteiger partial charge in [0.05, 0.1) is 5.92 Å². The van der Waals surface area contributed by atoms with Crippen LogP contribution in [0.5, 0.6) is 0 Å². The zero-order chi connectivity index (χ0) is 17.2. The van der Waals surface area contributed by atoms with E-state index >= 15 is 0 Å². The van der Waals surface area contributed by atoms with Crippen molar-refractivity contribution >= 4 is 17.8 Å². The van der Waals surface area contributed by atoms with Gasteiger partial charge in [0.1, 0.15) is 0 Å². The highest BCUT2D eigenvalue weighted by atomic mass is 16.2. The molecule has 0 aromatic carbocycles. The number of rotatable bonds is 3. The van der Waals surface area contributed by atoms with Crippen molar-refractivity contribution in [2.75, 3.05) is 50.7 Å². The van der Waals surface area contributed by atoms with Crippen molar-refractivity contribution in [3.05, 3.63) is 18.5 Å². The Morgan fingerprint density at radius 3 is 2.48 bits per heavy atom. The lowest BCUT2D eigenvalue weighted by atomic mass is 9.95. The maximum atomic E-state index is 12.5. The summed E-state index contributed by atoms with van der Waals surface area (Å²) in [7, 11) is 0. The Hall–Kier alpha value is -2.22. The van der Waals surface area contributed by atoms with Gasteiger partial charge in [0, 0.05) is 70.7 Å². The van der Waals surface area contributed by atoms with E-state index in [0.717, 1.165) is 45.2 Å². The standard InChI is InChI=1S/C17H24N6O2/c24-15-3-2-13(10-20-15)16(25)23-11-14(12-23)21-6-8-22(9-7-21)17-18-4-1-5-19-17/h1,4-5,13-14H,2-3,6-12H2,(H,20,24). The van der Waals surface area contributed by atoms with E-state index in [1.807, 2.05) is 11.0 Å². The largest absolute Gasteiger partial charge is 0.355 e. The fourth-order valence-corrected chi connectivity index (χ4v) is 3.81. The van der Waals surface area contributed by atoms with E-state index in [9.17, 15) is 9.59 Å². The first kappa shape index (κ1) is 16.3. The molecule has 0 radical (unpaired) electrons. The van der Waals surface area contributed by atoms with Gasteiger partial charge in [-0.05, 0) is 12.5 Å². The SMILES string of the molecule is O=C1CCC(C(=O)N2CC(N3CCN(c4ncccn4)CC3)C2)CN1. The Bertz CT molecular complexity index is 615. The monoisotopic (exact) mass is 344 g/mol. The quantitative estimate of drug-likeness (QED) is 0.784. The first-order valence-electron chi connectivity index (χ1n) is 9.02. The van der Waals surface area contributed by atoms with E-state index in [2.05, 4.69) is 25.1 Å². The molecule has 8 nitrogen and oxygen atoms in total. The van der Waals surface area contributed by atoms with Crippen molar-refractivity contribution in [2.24, 2.45) is 5.92 Å². The molecule has 4 rings (SSSR count). The molecule has 3 aliphatic rings. The van der Waals surface area contributed by atoms with Gasteiger partial charge in [-0.2, -0.15) is 0 Å². The number of carbonyl (C=O) groups is 2. The highest BCUT2D eigenvalue weighted by molar-refractivity contribution is 5.84. The minimum absolute atomic E-state index is 0.0364. The lowest BCUT2D eigenvalue weighted by Gasteiger charge is -2.49. The van der Waals surface area contributed by atoms with Gasteiger partial charge in [0.25, 0.3) is 0 Å². The van der Waals surface area contributed by atoms with Crippen LogP contribution in [0.3, 0.4) is 0 Å². The molecule has 0 spiro atoms. The zero-order valence-corrected chi connectivity index (χ0v) is 14.3. The van der Waals surface area contributed by atoms with Crippen molar-refractivity contribution < 1.29 is 9.59 Å². The van der Waals surface area contributed by atoms with Crippen LogP contribution in [0, 0.1) is 5.92 Å². The summed E-state index contributed by atoms with van der Waals surface area (Å²) in [4.78, 5) is 38.9. The molecule has 2 amide bonds. The van der Waals surface area contributed by atoms with Gasteiger partial charge in [0.15, 0.2) is 0 Å². The van der Waals surface area contributed by atoms with Gasteiger partial charge in [0.2, 0.25) is 17.8 Å². The molecule has 0 bridgehead atoms. The minimum atomic E-state index is -0.0364. The second-order valence-corrected chi connectivity index (χ2v) is 7.01. The molecule has 134 valence electrons. The Labute approximate surface area is 147 Å². The molecule has 3 saturated heterocycles. The molecule has 3 fully saturated rings. The summed E-state index contributed by atoms with van der Waals surface area (Å²) >= 11 is 0. The molecule has 8 heteroatoms. The van der Waals surface area contributed by atoms with E-state index in [4.69, 9.17) is 0 Å². The number of likely N-dealkylation sites (tertiary alicyclic amines) is 1. The van der Waals surface area contributed by atoms with Gasteiger partial charge < -0.3 is 15.1 Å². The third-order valence-electron chi connectivity index (χ3n) is 5.45. The summed E-state index contributed by atoms with van der Waals surface area (Å²) in [6, 6.07) is 2.29. The summed E-state index contributed by atoms with van der Waals surface area (Å²) in [5, 5.41) is 2.80. The van der Waals surface area contributed by atoms with E-state index in [1.165, 1.54) is 0 Å². The molecular weight excluding hydrogens is 320 g/mol. The van der Waals surface area contributed by atoms with Crippen molar-refractivity contribution in [3.63, 3.8) is 0 Å². The Balaban J connectivity index is 1.22. The summed E-state index contributed by atoms with van der Waals surface area (Å²) in [5.41, 5.74) is 0. The minimum Gasteiger partial charge on any atom is -0.355 e. The van der Waals surface area contributed by atoms with Gasteiger partial charge in [-0.3, -0.25) is 14.5 Å². The number of carbonyl (C=O) groups excluding carboxylic acids is 2. The molecule has 1 aromatic heterocycles. The molecule has 3 aliphatic heterocycles. The van der Waals surface area contributed by atoms with Crippen molar-refractivity contribution in [3.8, 4) is 0 Å². The predicted octanol–water partition coefficient (Wildman–Crippen LogP) is -0.664. The first-order valence-corrected chi connectivity index (χ1v) is 9.02. The Kier molecular flexibility index (Phi) is 4.52. The van der Waals surface area contributed by atoms with Gasteiger partial charge in [-0.1, -0.05) is 0 Å². The lowest BCUT2D eigenvalue weighted by molar-refractivity contribution is -0.144. The third kappa shape index (κ3) is 3.44. The molecule has 0 aliphatic carbocycles. The van der Waals surface area contributed by atoms with E-state index in [1.54, 1.807) is 12.4 Å². The molecule has 1 N–H and O–H groups in total. The normalized spacial score (nSPS) is 25.4. The van der Waals surface area contributed by atoms with Crippen molar-refractivity contribution in [2.45, 2.75) is 18.9 Å². The number of anilines is 1. The highest BCUT2D eigenvalue weighted by Crippen LogP contribution is 2.22. The summed E-state index contributed by atoms with van der Waals surface area (Å²) in [6.45, 7) is 5.91. The highest BCUT2D eigenvalue weighted by Gasteiger charge is 2.39. The molecule has 1 atom stereocenters. The lowest BCUT2D eigenvalue weighted by Crippen LogP contribution is -2.65. The average molecular weight is 344 g/mol. The second kappa shape index (κ2) is 6.95. The Morgan fingerprint density at radius 2 is 1.84 bits per heavy atom. The van der Waals surface area contributed by atoms with E-state index < -0.39 is 0 Å². The Morgan fingerprint density at radius 1 is 1.12 bits per heavy atom. The second-order valence-electron chi connectivity index (χ2n) is 7.01. The third-order valence-corrected chi connectivity index (χ3v) is 5.45. The van der Waals surface area contributed by atoms with Crippen LogP contribution < -0.4 is 10.2 Å². The molecule has 25 heavy (non-hydrogen) atoms. The molecule has 1 unspecified atom stereocenters. The summed E-state index contributed by atoms with van der Waals surface area (Å²) in [6.07, 6.45) is 4.70. The fraction of sp³-hybridized carbons (Fsp3) is 0.647. The number of hydrogen-bond donors (Lipinski definition) is 1. The van der Waals surface area contributed by atoms with Crippen LogP contribution in [0.4, 0.5) is 5.95 Å². The van der Waals surface area contributed by atoms with Gasteiger partial charge in [-0.25, -0.2) is 9.97 Å². The van der Waals surface area contributed by atoms with Gasteiger partial charge >= 0.3 is 0 Å². The van der Waals surface area contributed by atoms with E-state index in [0.29, 0.717) is 25.4 Å². The summed E-state index contributed by atoms with van der Waals surface area (Å²) in [5.74, 6) is 1.02. The number of aromatic nitrogens is 2. The van der Waals surface area contributed by atoms with Crippen LogP contribution in [0.2, 0.25) is 0 Å². The maximum absolute atomic E-state index is 12.5. The predicted molar refractivity (Wildman–Crippen MR) is 91.9 cm³/mol. The average Bonchev–Trinajstić information content (AvgIpc) is 2.62. The topological polar surface area (TPSA) is 81.7 Å². The van der Waals surface area contributed by atoms with Crippen molar-refractivity contribution in [1.29, 1.82) is 0 Å². The molecule has 4 heterocycles. The number of nitrogens with one attached hydrogen (secondary N) is 1. The summed E-state index contributed by atoms with van der Waals surface area (Å²) < 4.78 is 0. The number of amides is 2. The van der Waals surface area contributed by atoms with Crippen molar-refractivity contribution in [1.82, 2.24) is 25.1 Å². The van der Waals surface area contributed by atoms with Crippen LogP contribution in [0.25, 0.3) is 0 Å². The maximum Gasteiger partial charge on any atom is 0.227 e.